The summed E-state index contributed by atoms with van der Waals surface area (Å²) in [4.78, 5) is 17.1. The summed E-state index contributed by atoms with van der Waals surface area (Å²) in [5.74, 6) is -0.237. The number of nitrogens with zero attached hydrogens (tertiary/aromatic N) is 2. The number of amides is 1. The maximum absolute atomic E-state index is 11.2. The van der Waals surface area contributed by atoms with Crippen LogP contribution in [0.3, 0.4) is 0 Å². The van der Waals surface area contributed by atoms with Gasteiger partial charge in [-0.15, -0.1) is 0 Å². The molecule has 0 saturated carbocycles. The van der Waals surface area contributed by atoms with Gasteiger partial charge in [0.2, 0.25) is 0 Å². The van der Waals surface area contributed by atoms with E-state index >= 15 is 0 Å². The van der Waals surface area contributed by atoms with Gasteiger partial charge in [0.1, 0.15) is 0 Å². The first kappa shape index (κ1) is 21.2. The Morgan fingerprint density at radius 1 is 1.11 bits per heavy atom. The average Bonchev–Trinajstić information content (AvgIpc) is 2.70. The van der Waals surface area contributed by atoms with Crippen LogP contribution in [-0.4, -0.2) is 47.5 Å². The molecule has 1 aliphatic heterocycles. The zero-order valence-corrected chi connectivity index (χ0v) is 17.0. The molecule has 9 heteroatoms. The minimum Gasteiger partial charge on any atom is -0.371 e. The summed E-state index contributed by atoms with van der Waals surface area (Å²) in [6, 6.07) is 9.68. The Morgan fingerprint density at radius 2 is 1.70 bits per heavy atom. The molecule has 27 heavy (non-hydrogen) atoms. The number of pyridine rings is 1. The molecule has 1 aromatic heterocycles. The molecule has 0 aliphatic carbocycles. The van der Waals surface area contributed by atoms with Gasteiger partial charge in [-0.2, -0.15) is 0 Å². The quantitative estimate of drug-likeness (QED) is 0.380. The van der Waals surface area contributed by atoms with Crippen molar-refractivity contribution in [2.45, 2.75) is 26.2 Å². The molecule has 3 rings (SSSR count). The van der Waals surface area contributed by atoms with Crippen LogP contribution in [-0.2, 0) is 12.4 Å². The fourth-order valence-corrected chi connectivity index (χ4v) is 3.99. The number of piperidine rings is 1. The van der Waals surface area contributed by atoms with Gasteiger partial charge >= 0.3 is 88.4 Å². The molecule has 3 N–H and O–H groups in total. The molecular weight excluding hydrogens is 413 g/mol. The summed E-state index contributed by atoms with van der Waals surface area (Å²) < 4.78 is 23.8. The number of anilines is 2. The second-order valence-electron chi connectivity index (χ2n) is 6.08. The van der Waals surface area contributed by atoms with Crippen molar-refractivity contribution >= 4 is 35.8 Å². The summed E-state index contributed by atoms with van der Waals surface area (Å²) in [5, 5.41) is 10.7. The largest absolute Gasteiger partial charge is 0.371 e. The summed E-state index contributed by atoms with van der Waals surface area (Å²) in [5.41, 5.74) is 1.82. The summed E-state index contributed by atoms with van der Waals surface area (Å²) >= 11 is -4.76. The van der Waals surface area contributed by atoms with Crippen molar-refractivity contribution in [2.24, 2.45) is 0 Å². The number of rotatable bonds is 4. The van der Waals surface area contributed by atoms with Crippen LogP contribution < -0.4 is 14.6 Å². The average molecular weight is 437 g/mol. The molecule has 1 aliphatic rings. The van der Waals surface area contributed by atoms with E-state index in [2.05, 4.69) is 31.2 Å². The Hall–Kier alpha value is -2.12. The number of carbonyl (C=O) groups is 1. The molecule has 1 unspecified atom stereocenters. The van der Waals surface area contributed by atoms with Crippen LogP contribution in [0.4, 0.5) is 11.4 Å². The van der Waals surface area contributed by atoms with Gasteiger partial charge in [0.05, 0.1) is 0 Å². The van der Waals surface area contributed by atoms with Gasteiger partial charge in [-0.3, -0.25) is 4.98 Å². The summed E-state index contributed by atoms with van der Waals surface area (Å²) in [6.07, 6.45) is 7.79. The van der Waals surface area contributed by atoms with Crippen molar-refractivity contribution in [2.75, 3.05) is 23.3 Å². The van der Waals surface area contributed by atoms with Crippen molar-refractivity contribution < 1.29 is 21.8 Å². The van der Waals surface area contributed by atoms with Crippen LogP contribution in [0.2, 0.25) is 0 Å². The number of aromatic nitrogens is 1. The first-order valence-corrected chi connectivity index (χ1v) is 11.9. The predicted molar refractivity (Wildman–Crippen MR) is 103 cm³/mol. The van der Waals surface area contributed by atoms with E-state index in [1.54, 1.807) is 0 Å². The molecule has 8 nitrogen and oxygen atoms in total. The standard InChI is InChI=1S/C10H14N2.C8H10AsNO5/c1-2-8-12(9-3-1)10-4-6-11-7-5-10;1-6(11)10-8-4-2-7(3-5-8)9(12,13)15-14/h4-7H,1-3,8-9H2;2-5,14H,1H3,(H,10,11)(H,12,13). The minimum absolute atomic E-state index is 0.00438. The topological polar surface area (TPSA) is 112 Å². The molecule has 2 aromatic rings. The van der Waals surface area contributed by atoms with Crippen LogP contribution >= 0.6 is 0 Å². The normalized spacial score (nSPS) is 15.9. The van der Waals surface area contributed by atoms with Gasteiger partial charge in [-0.1, -0.05) is 0 Å². The second kappa shape index (κ2) is 10.3. The molecule has 1 atom stereocenters. The summed E-state index contributed by atoms with van der Waals surface area (Å²) in [7, 11) is 0. The maximum atomic E-state index is 11.2. The van der Waals surface area contributed by atoms with Gasteiger partial charge in [0, 0.05) is 31.2 Å². The third-order valence-electron chi connectivity index (χ3n) is 4.01. The van der Waals surface area contributed by atoms with Gasteiger partial charge in [0.15, 0.2) is 0 Å². The Labute approximate surface area is 161 Å². The number of hydrogen-bond acceptors (Lipinski definition) is 6. The third kappa shape index (κ3) is 6.84. The smallest absolute Gasteiger partial charge is 0.0397 e. The molecule has 0 radical (unpaired) electrons. The molecule has 2 heterocycles. The fourth-order valence-electron chi connectivity index (χ4n) is 2.69. The van der Waals surface area contributed by atoms with Crippen LogP contribution in [0.1, 0.15) is 26.2 Å². The van der Waals surface area contributed by atoms with Crippen LogP contribution in [0, 0.1) is 0 Å². The van der Waals surface area contributed by atoms with Gasteiger partial charge < -0.3 is 4.90 Å². The minimum atomic E-state index is -4.76. The molecule has 1 fully saturated rings. The van der Waals surface area contributed by atoms with Crippen LogP contribution in [0.25, 0.3) is 0 Å². The Morgan fingerprint density at radius 3 is 2.22 bits per heavy atom. The molecule has 1 aromatic carbocycles. The molecule has 0 spiro atoms. The molecular formula is C18H24AsN3O5. The van der Waals surface area contributed by atoms with Gasteiger partial charge in [-0.25, -0.2) is 0 Å². The number of hydrogen-bond donors (Lipinski definition) is 3. The van der Waals surface area contributed by atoms with E-state index in [9.17, 15) is 8.53 Å². The van der Waals surface area contributed by atoms with Crippen molar-refractivity contribution in [1.82, 2.24) is 4.98 Å². The monoisotopic (exact) mass is 437 g/mol. The molecule has 1 saturated heterocycles. The summed E-state index contributed by atoms with van der Waals surface area (Å²) in [6.45, 7) is 3.78. The first-order chi connectivity index (χ1) is 12.9. The first-order valence-electron chi connectivity index (χ1n) is 8.61. The number of benzene rings is 1. The Kier molecular flexibility index (Phi) is 8.06. The zero-order valence-electron chi connectivity index (χ0n) is 15.1. The molecule has 0 bridgehead atoms. The van der Waals surface area contributed by atoms with E-state index in [-0.39, 0.29) is 10.3 Å². The van der Waals surface area contributed by atoms with E-state index in [4.69, 9.17) is 9.35 Å². The Balaban J connectivity index is 0.000000198. The van der Waals surface area contributed by atoms with Gasteiger partial charge in [0.25, 0.3) is 0 Å². The van der Waals surface area contributed by atoms with Gasteiger partial charge in [-0.05, 0) is 31.4 Å². The van der Waals surface area contributed by atoms with Crippen LogP contribution in [0.5, 0.6) is 0 Å². The van der Waals surface area contributed by atoms with E-state index < -0.39 is 14.2 Å². The number of carbonyl (C=O) groups excluding carboxylic acids is 1. The Bertz CT molecular complexity index is 764. The molecule has 1 amide bonds. The van der Waals surface area contributed by atoms with Crippen molar-refractivity contribution in [1.29, 1.82) is 0 Å². The van der Waals surface area contributed by atoms with E-state index in [0.717, 1.165) is 0 Å². The van der Waals surface area contributed by atoms with Crippen LogP contribution in [0.15, 0.2) is 48.8 Å². The SMILES string of the molecule is CC(=O)Nc1ccc([As](=O)(O)OO)cc1.c1cc(N2CCCCC2)ccn1. The second-order valence-corrected chi connectivity index (χ2v) is 9.69. The van der Waals surface area contributed by atoms with E-state index in [1.807, 2.05) is 12.4 Å². The molecule has 146 valence electrons. The zero-order chi connectivity index (χ0) is 19.7. The van der Waals surface area contributed by atoms with Crippen molar-refractivity contribution in [3.8, 4) is 0 Å². The maximum Gasteiger partial charge on any atom is 0.0397 e. The number of nitrogens with one attached hydrogen (secondary N) is 1. The van der Waals surface area contributed by atoms with Crippen molar-refractivity contribution in [3.05, 3.63) is 48.8 Å². The van der Waals surface area contributed by atoms with E-state index in [0.29, 0.717) is 5.69 Å². The fraction of sp³-hybridized carbons (Fsp3) is 0.333. The van der Waals surface area contributed by atoms with Crippen molar-refractivity contribution in [3.63, 3.8) is 0 Å². The third-order valence-corrected chi connectivity index (χ3v) is 6.47. The van der Waals surface area contributed by atoms with E-state index in [1.165, 1.54) is 69.2 Å². The predicted octanol–water partition coefficient (Wildman–Crippen LogP) is 1.78.